The van der Waals surface area contributed by atoms with Gasteiger partial charge in [0.2, 0.25) is 0 Å². The second-order valence-electron chi connectivity index (χ2n) is 1.28. The Morgan fingerprint density at radius 2 is 2.12 bits per heavy atom. The summed E-state index contributed by atoms with van der Waals surface area (Å²) < 4.78 is 0. The quantitative estimate of drug-likeness (QED) is 0.423. The molecule has 4 radical (unpaired) electrons. The summed E-state index contributed by atoms with van der Waals surface area (Å²) >= 11 is 0. The smallest absolute Gasteiger partial charge is 0 e. The van der Waals surface area contributed by atoms with Crippen LogP contribution in [0.2, 0.25) is 0 Å². The van der Waals surface area contributed by atoms with Crippen molar-refractivity contribution in [3.8, 4) is 0 Å². The molecule has 0 fully saturated rings. The molecule has 0 aliphatic carbocycles. The van der Waals surface area contributed by atoms with Crippen LogP contribution in [0.5, 0.6) is 0 Å². The summed E-state index contributed by atoms with van der Waals surface area (Å²) in [6.07, 6.45) is 1.79. The molecular weight excluding hydrogens is 174 g/mol. The van der Waals surface area contributed by atoms with Crippen LogP contribution in [0.4, 0.5) is 0 Å². The van der Waals surface area contributed by atoms with E-state index in [9.17, 15) is 0 Å². The Balaban J connectivity index is 0. The van der Waals surface area contributed by atoms with Crippen molar-refractivity contribution in [2.75, 3.05) is 0 Å². The molecule has 0 saturated carbocycles. The maximum absolute atomic E-state index is 3.92. The van der Waals surface area contributed by atoms with Gasteiger partial charge in [0, 0.05) is 41.1 Å². The molecule has 0 aliphatic rings. The fourth-order valence-electron chi connectivity index (χ4n) is 0.386. The Hall–Kier alpha value is 0.449. The first kappa shape index (κ1) is 11.3. The zero-order valence-electron chi connectivity index (χ0n) is 4.83. The Labute approximate surface area is 76.7 Å². The predicted molar refractivity (Wildman–Crippen MR) is 30.3 cm³/mol. The van der Waals surface area contributed by atoms with Gasteiger partial charge < -0.3 is 4.98 Å². The Kier molecular flexibility index (Phi) is 7.87. The first-order valence-corrected chi connectivity index (χ1v) is 1.94. The largest absolute Gasteiger partial charge is 0.400 e. The topological polar surface area (TPSA) is 12.9 Å². The van der Waals surface area contributed by atoms with Crippen LogP contribution in [0.15, 0.2) is 18.3 Å². The van der Waals surface area contributed by atoms with Crippen LogP contribution in [-0.2, 0) is 32.7 Å². The summed E-state index contributed by atoms with van der Waals surface area (Å²) in [5, 5.41) is 0. The van der Waals surface area contributed by atoms with Crippen molar-refractivity contribution < 1.29 is 32.7 Å². The maximum Gasteiger partial charge on any atom is 0 e. The van der Waals surface area contributed by atoms with Crippen LogP contribution in [0.3, 0.4) is 0 Å². The van der Waals surface area contributed by atoms with Gasteiger partial charge in [-0.2, -0.15) is 12.1 Å². The van der Waals surface area contributed by atoms with E-state index in [4.69, 9.17) is 0 Å². The average Bonchev–Trinajstić information content (AvgIpc) is 1.86. The van der Waals surface area contributed by atoms with E-state index >= 15 is 0 Å². The minimum atomic E-state index is 0. The van der Waals surface area contributed by atoms with E-state index in [-0.39, 0.29) is 41.1 Å². The maximum atomic E-state index is 3.92. The van der Waals surface area contributed by atoms with Gasteiger partial charge in [0.15, 0.2) is 0 Å². The molecule has 8 heavy (non-hydrogen) atoms. The summed E-state index contributed by atoms with van der Waals surface area (Å²) in [6.45, 7) is 1.97. The van der Waals surface area contributed by atoms with Crippen LogP contribution in [0.1, 0.15) is 5.69 Å². The monoisotopic (exact) mass is 180 g/mol. The second kappa shape index (κ2) is 5.58. The fourth-order valence-corrected chi connectivity index (χ4v) is 0.386. The molecule has 0 amide bonds. The van der Waals surface area contributed by atoms with E-state index in [2.05, 4.69) is 4.98 Å². The molecule has 0 unspecified atom stereocenters. The van der Waals surface area contributed by atoms with E-state index in [1.807, 2.05) is 19.1 Å². The predicted octanol–water partition coefficient (Wildman–Crippen LogP) is 0.726. The normalized spacial score (nSPS) is 6.62. The van der Waals surface area contributed by atoms with E-state index in [0.717, 1.165) is 5.69 Å². The van der Waals surface area contributed by atoms with Gasteiger partial charge in [0.05, 0.1) is 0 Å². The van der Waals surface area contributed by atoms with E-state index in [1.54, 1.807) is 6.20 Å². The van der Waals surface area contributed by atoms with Crippen molar-refractivity contribution in [1.82, 2.24) is 4.98 Å². The van der Waals surface area contributed by atoms with E-state index in [1.165, 1.54) is 0 Å². The molecule has 0 bridgehead atoms. The molecule has 0 aliphatic heterocycles. The molecule has 38 valence electrons. The third kappa shape index (κ3) is 3.45. The molecule has 1 rings (SSSR count). The van der Waals surface area contributed by atoms with Gasteiger partial charge in [-0.15, -0.1) is 6.20 Å². The van der Waals surface area contributed by atoms with Gasteiger partial charge in [-0.1, -0.05) is 12.6 Å². The van der Waals surface area contributed by atoms with Crippen LogP contribution in [0, 0.1) is 6.92 Å². The zero-order chi connectivity index (χ0) is 4.41. The summed E-state index contributed by atoms with van der Waals surface area (Å²) in [5.74, 6) is 0. The van der Waals surface area contributed by atoms with Crippen molar-refractivity contribution in [3.05, 3.63) is 24.0 Å². The Morgan fingerprint density at radius 3 is 2.25 bits per heavy atom. The van der Waals surface area contributed by atoms with Crippen molar-refractivity contribution in [3.63, 3.8) is 0 Å². The molecule has 3 heteroatoms. The van der Waals surface area contributed by atoms with E-state index in [0.29, 0.717) is 0 Å². The molecule has 0 saturated heterocycles. The minimum absolute atomic E-state index is 0. The number of aromatic nitrogens is 1. The van der Waals surface area contributed by atoms with Crippen molar-refractivity contribution in [1.29, 1.82) is 0 Å². The third-order valence-corrected chi connectivity index (χ3v) is 0.702. The van der Waals surface area contributed by atoms with Crippen LogP contribution < -0.4 is 0 Å². The van der Waals surface area contributed by atoms with Gasteiger partial charge in [-0.25, -0.2) is 0 Å². The first-order chi connectivity index (χ1) is 2.89. The molecular formula is C5H6BNY-. The number of rotatable bonds is 0. The van der Waals surface area contributed by atoms with Gasteiger partial charge in [0.1, 0.15) is 0 Å². The second-order valence-corrected chi connectivity index (χ2v) is 1.28. The van der Waals surface area contributed by atoms with Crippen molar-refractivity contribution >= 4 is 8.41 Å². The van der Waals surface area contributed by atoms with Crippen molar-refractivity contribution in [2.45, 2.75) is 6.92 Å². The fraction of sp³-hybridized carbons (Fsp3) is 0.200. The zero-order valence-corrected chi connectivity index (χ0v) is 7.67. The molecule has 0 N–H and O–H groups in total. The average molecular weight is 180 g/mol. The summed E-state index contributed by atoms with van der Waals surface area (Å²) in [6, 6.07) is 3.90. The molecule has 1 aromatic heterocycles. The number of hydrogen-bond donors (Lipinski definition) is 0. The van der Waals surface area contributed by atoms with Gasteiger partial charge in [-0.3, -0.25) is 0 Å². The van der Waals surface area contributed by atoms with Gasteiger partial charge in [-0.05, 0) is 0 Å². The third-order valence-electron chi connectivity index (χ3n) is 0.702. The molecule has 0 atom stereocenters. The molecule has 1 aromatic rings. The van der Waals surface area contributed by atoms with Crippen LogP contribution >= 0.6 is 0 Å². The van der Waals surface area contributed by atoms with Crippen molar-refractivity contribution in [2.24, 2.45) is 0 Å². The van der Waals surface area contributed by atoms with E-state index < -0.39 is 0 Å². The number of aryl methyl sites for hydroxylation is 1. The molecule has 0 spiro atoms. The molecule has 0 aromatic carbocycles. The molecule has 1 nitrogen and oxygen atoms in total. The number of hydrogen-bond acceptors (Lipinski definition) is 1. The van der Waals surface area contributed by atoms with Crippen LogP contribution in [0.25, 0.3) is 0 Å². The minimum Gasteiger partial charge on any atom is -0.400 e. The summed E-state index contributed by atoms with van der Waals surface area (Å²) in [4.78, 5) is 3.92. The Morgan fingerprint density at radius 1 is 1.50 bits per heavy atom. The SMILES string of the molecule is C[c-]1cccn1.[B].[Y]. The Bertz CT molecular complexity index is 116. The standard InChI is InChI=1S/C5H6N.B.Y/c1-5-3-2-4-6-5;;/h2-4H,1H3;;/q-1;;. The molecule has 1 heterocycles. The van der Waals surface area contributed by atoms with Gasteiger partial charge >= 0.3 is 0 Å². The van der Waals surface area contributed by atoms with Crippen LogP contribution in [-0.4, -0.2) is 13.4 Å². The van der Waals surface area contributed by atoms with Gasteiger partial charge in [0.25, 0.3) is 0 Å². The first-order valence-electron chi connectivity index (χ1n) is 1.94. The summed E-state index contributed by atoms with van der Waals surface area (Å²) in [5.41, 5.74) is 1.09. The summed E-state index contributed by atoms with van der Waals surface area (Å²) in [7, 11) is 0. The number of nitrogens with zero attached hydrogens (tertiary/aromatic N) is 1.